The molecule has 0 heterocycles. The third-order valence-corrected chi connectivity index (χ3v) is 3.65. The Morgan fingerprint density at radius 3 is 2.73 bits per heavy atom. The Labute approximate surface area is 103 Å². The summed E-state index contributed by atoms with van der Waals surface area (Å²) in [6.07, 6.45) is 0.900. The normalized spacial score (nSPS) is 29.7. The summed E-state index contributed by atoms with van der Waals surface area (Å²) < 4.78 is 12.0. The lowest BCUT2D eigenvalue weighted by atomic mass is 9.91. The average molecular weight is 292 g/mol. The average Bonchev–Trinajstić information content (AvgIpc) is 2.20. The molecule has 2 nitrogen and oxygen atoms in total. The largest absolute Gasteiger partial charge is 0.486 e. The lowest BCUT2D eigenvalue weighted by Gasteiger charge is -2.39. The van der Waals surface area contributed by atoms with Crippen LogP contribution in [0.3, 0.4) is 0 Å². The number of benzene rings is 1. The molecule has 1 aromatic rings. The standard InChI is InChI=1S/C11H12BrClO2/c1-14-11-8(13)6-10(11)15-9-5-3-2-4-7(9)12/h2-5,8,10-11H,6H2,1H3. The highest BCUT2D eigenvalue weighted by Crippen LogP contribution is 2.34. The molecule has 0 radical (unpaired) electrons. The van der Waals surface area contributed by atoms with Crippen LogP contribution >= 0.6 is 27.5 Å². The molecule has 0 bridgehead atoms. The zero-order valence-corrected chi connectivity index (χ0v) is 10.7. The number of hydrogen-bond acceptors (Lipinski definition) is 2. The summed E-state index contributed by atoms with van der Waals surface area (Å²) in [5.41, 5.74) is 0. The van der Waals surface area contributed by atoms with Crippen LogP contribution in [0, 0.1) is 0 Å². The highest BCUT2D eigenvalue weighted by molar-refractivity contribution is 9.10. The van der Waals surface area contributed by atoms with E-state index in [1.807, 2.05) is 24.3 Å². The second-order valence-electron chi connectivity index (χ2n) is 3.54. The molecule has 1 aliphatic carbocycles. The third-order valence-electron chi connectivity index (χ3n) is 2.57. The number of hydrogen-bond donors (Lipinski definition) is 0. The topological polar surface area (TPSA) is 18.5 Å². The van der Waals surface area contributed by atoms with E-state index in [4.69, 9.17) is 21.1 Å². The van der Waals surface area contributed by atoms with Gasteiger partial charge in [0.2, 0.25) is 0 Å². The Morgan fingerprint density at radius 2 is 2.13 bits per heavy atom. The van der Waals surface area contributed by atoms with Crippen LogP contribution in [0.5, 0.6) is 5.75 Å². The Kier molecular flexibility index (Phi) is 3.54. The van der Waals surface area contributed by atoms with Crippen LogP contribution in [0.25, 0.3) is 0 Å². The fourth-order valence-electron chi connectivity index (χ4n) is 1.65. The number of rotatable bonds is 3. The van der Waals surface area contributed by atoms with Gasteiger partial charge in [-0.2, -0.15) is 0 Å². The monoisotopic (exact) mass is 290 g/mol. The Bertz CT molecular complexity index is 345. The Morgan fingerprint density at radius 1 is 1.40 bits per heavy atom. The highest BCUT2D eigenvalue weighted by atomic mass is 79.9. The fourth-order valence-corrected chi connectivity index (χ4v) is 2.46. The zero-order valence-electron chi connectivity index (χ0n) is 8.32. The molecule has 1 aliphatic rings. The van der Waals surface area contributed by atoms with Crippen molar-refractivity contribution >= 4 is 27.5 Å². The molecular formula is C11H12BrClO2. The minimum Gasteiger partial charge on any atom is -0.486 e. The Balaban J connectivity index is 2.01. The van der Waals surface area contributed by atoms with Crippen LogP contribution in [0.4, 0.5) is 0 Å². The molecule has 0 amide bonds. The van der Waals surface area contributed by atoms with Gasteiger partial charge in [0.25, 0.3) is 0 Å². The Hall–Kier alpha value is -0.250. The summed E-state index contributed by atoms with van der Waals surface area (Å²) in [4.78, 5) is 0. The molecule has 1 aromatic carbocycles. The van der Waals surface area contributed by atoms with Crippen LogP contribution in [0.15, 0.2) is 28.7 Å². The molecule has 82 valence electrons. The lowest BCUT2D eigenvalue weighted by molar-refractivity contribution is -0.0586. The minimum atomic E-state index is -0.00114. The molecular weight excluding hydrogens is 279 g/mol. The zero-order chi connectivity index (χ0) is 10.8. The summed E-state index contributed by atoms with van der Waals surface area (Å²) in [6.45, 7) is 0. The molecule has 0 saturated heterocycles. The van der Waals surface area contributed by atoms with Crippen LogP contribution in [-0.4, -0.2) is 24.7 Å². The van der Waals surface area contributed by atoms with Gasteiger partial charge in [-0.3, -0.25) is 0 Å². The molecule has 15 heavy (non-hydrogen) atoms. The highest BCUT2D eigenvalue weighted by Gasteiger charge is 2.42. The van der Waals surface area contributed by atoms with Crippen LogP contribution in [0.2, 0.25) is 0 Å². The van der Waals surface area contributed by atoms with Gasteiger partial charge in [-0.25, -0.2) is 0 Å². The van der Waals surface area contributed by atoms with Gasteiger partial charge in [0, 0.05) is 13.5 Å². The van der Waals surface area contributed by atoms with Crippen LogP contribution in [-0.2, 0) is 4.74 Å². The first-order valence-electron chi connectivity index (χ1n) is 4.80. The molecule has 1 saturated carbocycles. The quantitative estimate of drug-likeness (QED) is 0.796. The number of para-hydroxylation sites is 1. The smallest absolute Gasteiger partial charge is 0.134 e. The molecule has 1 fully saturated rings. The summed E-state index contributed by atoms with van der Waals surface area (Å²) in [5, 5.41) is 0.0717. The second kappa shape index (κ2) is 4.73. The predicted octanol–water partition coefficient (Wildman–Crippen LogP) is 3.22. The van der Waals surface area contributed by atoms with Crippen molar-refractivity contribution in [2.45, 2.75) is 24.0 Å². The molecule has 3 unspecified atom stereocenters. The maximum absolute atomic E-state index is 6.00. The predicted molar refractivity (Wildman–Crippen MR) is 63.6 cm³/mol. The van der Waals surface area contributed by atoms with Crippen molar-refractivity contribution < 1.29 is 9.47 Å². The molecule has 2 rings (SSSR count). The van der Waals surface area contributed by atoms with Gasteiger partial charge < -0.3 is 9.47 Å². The van der Waals surface area contributed by atoms with Gasteiger partial charge in [-0.15, -0.1) is 11.6 Å². The number of alkyl halides is 1. The summed E-state index contributed by atoms with van der Waals surface area (Å²) in [6, 6.07) is 7.78. The van der Waals surface area contributed by atoms with Crippen LogP contribution in [0.1, 0.15) is 6.42 Å². The summed E-state index contributed by atoms with van der Waals surface area (Å²) in [5.74, 6) is 0.841. The molecule has 3 atom stereocenters. The van der Waals surface area contributed by atoms with Gasteiger partial charge >= 0.3 is 0 Å². The van der Waals surface area contributed by atoms with Crippen LogP contribution < -0.4 is 4.74 Å². The van der Waals surface area contributed by atoms with E-state index in [0.717, 1.165) is 16.6 Å². The van der Waals surface area contributed by atoms with E-state index in [0.29, 0.717) is 0 Å². The van der Waals surface area contributed by atoms with Crippen molar-refractivity contribution in [1.29, 1.82) is 0 Å². The molecule has 0 spiro atoms. The van der Waals surface area contributed by atoms with Gasteiger partial charge in [0.1, 0.15) is 18.0 Å². The van der Waals surface area contributed by atoms with E-state index < -0.39 is 0 Å². The summed E-state index contributed by atoms with van der Waals surface area (Å²) >= 11 is 9.44. The van der Waals surface area contributed by atoms with Crippen molar-refractivity contribution in [1.82, 2.24) is 0 Å². The van der Waals surface area contributed by atoms with E-state index in [-0.39, 0.29) is 17.6 Å². The maximum atomic E-state index is 6.00. The molecule has 0 aliphatic heterocycles. The van der Waals surface area contributed by atoms with E-state index >= 15 is 0 Å². The minimum absolute atomic E-state index is 0.00114. The van der Waals surface area contributed by atoms with Crippen molar-refractivity contribution in [3.05, 3.63) is 28.7 Å². The van der Waals surface area contributed by atoms with Gasteiger partial charge in [0.15, 0.2) is 0 Å². The van der Waals surface area contributed by atoms with E-state index in [9.17, 15) is 0 Å². The van der Waals surface area contributed by atoms with Crippen molar-refractivity contribution in [2.75, 3.05) is 7.11 Å². The van der Waals surface area contributed by atoms with Gasteiger partial charge in [-0.05, 0) is 28.1 Å². The van der Waals surface area contributed by atoms with E-state index in [1.54, 1.807) is 7.11 Å². The second-order valence-corrected chi connectivity index (χ2v) is 4.95. The van der Waals surface area contributed by atoms with Crippen molar-refractivity contribution in [3.63, 3.8) is 0 Å². The number of methoxy groups -OCH3 is 1. The number of ether oxygens (including phenoxy) is 2. The lowest BCUT2D eigenvalue weighted by Crippen LogP contribution is -2.52. The van der Waals surface area contributed by atoms with E-state index in [1.165, 1.54) is 0 Å². The van der Waals surface area contributed by atoms with Gasteiger partial charge in [0.05, 0.1) is 9.85 Å². The van der Waals surface area contributed by atoms with Crippen molar-refractivity contribution in [2.24, 2.45) is 0 Å². The summed E-state index contributed by atoms with van der Waals surface area (Å²) in [7, 11) is 1.66. The molecule has 4 heteroatoms. The molecule has 0 aromatic heterocycles. The maximum Gasteiger partial charge on any atom is 0.134 e. The van der Waals surface area contributed by atoms with Gasteiger partial charge in [-0.1, -0.05) is 12.1 Å². The SMILES string of the molecule is COC1C(Cl)CC1Oc1ccccc1Br. The first-order chi connectivity index (χ1) is 7.22. The molecule has 0 N–H and O–H groups in total. The first-order valence-corrected chi connectivity index (χ1v) is 6.03. The van der Waals surface area contributed by atoms with Crippen molar-refractivity contribution in [3.8, 4) is 5.75 Å². The number of halogens is 2. The van der Waals surface area contributed by atoms with E-state index in [2.05, 4.69) is 15.9 Å². The first kappa shape index (κ1) is 11.2. The fraction of sp³-hybridized carbons (Fsp3) is 0.455. The third kappa shape index (κ3) is 2.30.